The number of allylic oxidation sites excluding steroid dienone is 1. The Kier molecular flexibility index (Phi) is 4.78. The lowest BCUT2D eigenvalue weighted by Crippen LogP contribution is -2.46. The Labute approximate surface area is 141 Å². The predicted octanol–water partition coefficient (Wildman–Crippen LogP) is 1.75. The maximum Gasteiger partial charge on any atom is 0.305 e. The van der Waals surface area contributed by atoms with Crippen LogP contribution in [0.4, 0.5) is 14.5 Å². The number of carbonyl (C=O) groups is 1. The highest BCUT2D eigenvalue weighted by Crippen LogP contribution is 2.32. The summed E-state index contributed by atoms with van der Waals surface area (Å²) in [5, 5.41) is 16.5. The largest absolute Gasteiger partial charge is 0.351 e. The van der Waals surface area contributed by atoms with Crippen molar-refractivity contribution in [1.82, 2.24) is 15.5 Å². The smallest absolute Gasteiger partial charge is 0.305 e. The molecule has 0 aliphatic carbocycles. The number of amides is 1. The molecule has 2 rings (SSSR count). The lowest BCUT2D eigenvalue weighted by molar-refractivity contribution is -0.387. The standard InChI is InChI=1S/C14H14F2N4O3S/c1-6-11(13(21)19(2)3)12(18-14(24)17-6)7-4-10(20(22)23)9(16)5-8(7)15/h4-5,12H,1-3H3,(H2,17,18,24). The molecule has 7 nitrogen and oxygen atoms in total. The van der Waals surface area contributed by atoms with Gasteiger partial charge in [0.05, 0.1) is 16.5 Å². The fourth-order valence-corrected chi connectivity index (χ4v) is 2.64. The van der Waals surface area contributed by atoms with E-state index in [0.717, 1.165) is 6.07 Å². The van der Waals surface area contributed by atoms with Gasteiger partial charge in [0, 0.05) is 37.5 Å². The minimum atomic E-state index is -1.29. The van der Waals surface area contributed by atoms with Gasteiger partial charge >= 0.3 is 5.69 Å². The summed E-state index contributed by atoms with van der Waals surface area (Å²) in [5.41, 5.74) is -0.606. The number of nitrogens with one attached hydrogen (secondary N) is 2. The Hall–Kier alpha value is -2.62. The van der Waals surface area contributed by atoms with Gasteiger partial charge < -0.3 is 15.5 Å². The normalized spacial score (nSPS) is 17.2. The van der Waals surface area contributed by atoms with E-state index in [0.29, 0.717) is 11.8 Å². The third-order valence-corrected chi connectivity index (χ3v) is 3.70. The third-order valence-electron chi connectivity index (χ3n) is 3.48. The average Bonchev–Trinajstić information content (AvgIpc) is 2.45. The molecule has 1 unspecified atom stereocenters. The SMILES string of the molecule is CC1=C(C(=O)N(C)C)C(c2cc([N+](=O)[O-])c(F)cc2F)NC(=S)N1. The van der Waals surface area contributed by atoms with E-state index in [-0.39, 0.29) is 16.2 Å². The molecule has 1 heterocycles. The molecular weight excluding hydrogens is 342 g/mol. The molecule has 1 amide bonds. The van der Waals surface area contributed by atoms with E-state index in [1.807, 2.05) is 0 Å². The number of hydrogen-bond donors (Lipinski definition) is 2. The lowest BCUT2D eigenvalue weighted by atomic mass is 9.93. The number of carbonyl (C=O) groups excluding carboxylic acids is 1. The second-order valence-electron chi connectivity index (χ2n) is 5.35. The van der Waals surface area contributed by atoms with Gasteiger partial charge in [0.25, 0.3) is 5.91 Å². The van der Waals surface area contributed by atoms with Crippen LogP contribution in [0.25, 0.3) is 0 Å². The zero-order valence-electron chi connectivity index (χ0n) is 13.0. The van der Waals surface area contributed by atoms with Crippen LogP contribution in [-0.4, -0.2) is 34.9 Å². The maximum atomic E-state index is 14.3. The number of hydrogen-bond acceptors (Lipinski definition) is 4. The molecule has 0 aromatic heterocycles. The zero-order valence-corrected chi connectivity index (χ0v) is 13.8. The Morgan fingerprint density at radius 1 is 1.33 bits per heavy atom. The molecular formula is C14H14F2N4O3S. The Morgan fingerprint density at radius 3 is 2.50 bits per heavy atom. The summed E-state index contributed by atoms with van der Waals surface area (Å²) in [6, 6.07) is 0.118. The zero-order chi connectivity index (χ0) is 18.2. The minimum Gasteiger partial charge on any atom is -0.351 e. The van der Waals surface area contributed by atoms with Crippen LogP contribution in [0.5, 0.6) is 0 Å². The van der Waals surface area contributed by atoms with Crippen LogP contribution in [-0.2, 0) is 4.79 Å². The third kappa shape index (κ3) is 3.18. The highest BCUT2D eigenvalue weighted by molar-refractivity contribution is 7.80. The molecule has 1 atom stereocenters. The summed E-state index contributed by atoms with van der Waals surface area (Å²) in [7, 11) is 3.02. The summed E-state index contributed by atoms with van der Waals surface area (Å²) < 4.78 is 27.8. The lowest BCUT2D eigenvalue weighted by Gasteiger charge is -2.31. The molecule has 0 spiro atoms. The summed E-state index contributed by atoms with van der Waals surface area (Å²) >= 11 is 5.01. The molecule has 1 aliphatic rings. The summed E-state index contributed by atoms with van der Waals surface area (Å²) in [4.78, 5) is 23.6. The number of nitro benzene ring substituents is 1. The first kappa shape index (κ1) is 17.7. The second kappa shape index (κ2) is 6.48. The monoisotopic (exact) mass is 356 g/mol. The molecule has 1 aliphatic heterocycles. The van der Waals surface area contributed by atoms with Crippen LogP contribution in [0.1, 0.15) is 18.5 Å². The van der Waals surface area contributed by atoms with Crippen molar-refractivity contribution < 1.29 is 18.5 Å². The van der Waals surface area contributed by atoms with Gasteiger partial charge in [-0.15, -0.1) is 0 Å². The first-order valence-corrected chi connectivity index (χ1v) is 7.17. The average molecular weight is 356 g/mol. The number of halogens is 2. The van der Waals surface area contributed by atoms with Crippen LogP contribution >= 0.6 is 12.2 Å². The van der Waals surface area contributed by atoms with Crippen LogP contribution in [0, 0.1) is 21.7 Å². The van der Waals surface area contributed by atoms with Gasteiger partial charge in [-0.3, -0.25) is 14.9 Å². The minimum absolute atomic E-state index is 0.124. The number of rotatable bonds is 3. The molecule has 0 saturated heterocycles. The first-order chi connectivity index (χ1) is 11.1. The number of nitro groups is 1. The quantitative estimate of drug-likeness (QED) is 0.487. The second-order valence-corrected chi connectivity index (χ2v) is 5.76. The van der Waals surface area contributed by atoms with E-state index in [9.17, 15) is 23.7 Å². The fourth-order valence-electron chi connectivity index (χ4n) is 2.37. The number of likely N-dealkylation sites (N-methyl/N-ethyl adjacent to an activating group) is 1. The summed E-state index contributed by atoms with van der Waals surface area (Å²) in [5.74, 6) is -2.75. The van der Waals surface area contributed by atoms with E-state index in [1.54, 1.807) is 6.92 Å². The van der Waals surface area contributed by atoms with Gasteiger partial charge in [-0.2, -0.15) is 4.39 Å². The Balaban J connectivity index is 2.66. The van der Waals surface area contributed by atoms with E-state index < -0.39 is 34.2 Å². The van der Waals surface area contributed by atoms with E-state index in [4.69, 9.17) is 12.2 Å². The maximum absolute atomic E-state index is 14.3. The van der Waals surface area contributed by atoms with E-state index in [2.05, 4.69) is 10.6 Å². The highest BCUT2D eigenvalue weighted by Gasteiger charge is 2.34. The van der Waals surface area contributed by atoms with E-state index >= 15 is 0 Å². The number of nitrogens with zero attached hydrogens (tertiary/aromatic N) is 2. The topological polar surface area (TPSA) is 87.5 Å². The highest BCUT2D eigenvalue weighted by atomic mass is 32.1. The van der Waals surface area contributed by atoms with Crippen molar-refractivity contribution in [3.8, 4) is 0 Å². The van der Waals surface area contributed by atoms with Crippen molar-refractivity contribution in [2.24, 2.45) is 0 Å². The summed E-state index contributed by atoms with van der Waals surface area (Å²) in [6.45, 7) is 1.58. The van der Waals surface area contributed by atoms with Crippen molar-refractivity contribution in [2.45, 2.75) is 13.0 Å². The van der Waals surface area contributed by atoms with Crippen LogP contribution in [0.2, 0.25) is 0 Å². The van der Waals surface area contributed by atoms with Gasteiger partial charge in [0.2, 0.25) is 5.82 Å². The predicted molar refractivity (Wildman–Crippen MR) is 86.0 cm³/mol. The van der Waals surface area contributed by atoms with Gasteiger partial charge in [0.15, 0.2) is 5.11 Å². The van der Waals surface area contributed by atoms with Gasteiger partial charge in [-0.05, 0) is 19.1 Å². The van der Waals surface area contributed by atoms with Crippen molar-refractivity contribution >= 4 is 28.9 Å². The molecule has 2 N–H and O–H groups in total. The first-order valence-electron chi connectivity index (χ1n) is 6.76. The number of thiocarbonyl (C=S) groups is 1. The Morgan fingerprint density at radius 2 is 1.96 bits per heavy atom. The molecule has 0 bridgehead atoms. The molecule has 10 heteroatoms. The number of benzene rings is 1. The van der Waals surface area contributed by atoms with Crippen molar-refractivity contribution in [3.05, 3.63) is 50.7 Å². The molecule has 1 aromatic carbocycles. The molecule has 128 valence electrons. The Bertz CT molecular complexity index is 780. The molecule has 0 fully saturated rings. The molecule has 0 radical (unpaired) electrons. The molecule has 24 heavy (non-hydrogen) atoms. The summed E-state index contributed by atoms with van der Waals surface area (Å²) in [6.07, 6.45) is 0. The van der Waals surface area contributed by atoms with Crippen LogP contribution < -0.4 is 10.6 Å². The van der Waals surface area contributed by atoms with Crippen molar-refractivity contribution in [2.75, 3.05) is 14.1 Å². The van der Waals surface area contributed by atoms with E-state index in [1.165, 1.54) is 19.0 Å². The van der Waals surface area contributed by atoms with Crippen LogP contribution in [0.3, 0.4) is 0 Å². The van der Waals surface area contributed by atoms with Crippen molar-refractivity contribution in [3.63, 3.8) is 0 Å². The molecule has 1 aromatic rings. The van der Waals surface area contributed by atoms with Gasteiger partial charge in [-0.25, -0.2) is 4.39 Å². The fraction of sp³-hybridized carbons (Fsp3) is 0.286. The van der Waals surface area contributed by atoms with Crippen LogP contribution in [0.15, 0.2) is 23.4 Å². The molecule has 0 saturated carbocycles. The van der Waals surface area contributed by atoms with Gasteiger partial charge in [0.1, 0.15) is 5.82 Å². The van der Waals surface area contributed by atoms with Crippen molar-refractivity contribution in [1.29, 1.82) is 0 Å². The van der Waals surface area contributed by atoms with Gasteiger partial charge in [-0.1, -0.05) is 0 Å².